The molecule has 0 atom stereocenters. The molecule has 6 heteroatoms. The van der Waals surface area contributed by atoms with Crippen LogP contribution >= 0.6 is 0 Å². The lowest BCUT2D eigenvalue weighted by atomic mass is 10.3. The summed E-state index contributed by atoms with van der Waals surface area (Å²) in [5.74, 6) is 0.947. The van der Waals surface area contributed by atoms with E-state index in [1.54, 1.807) is 6.26 Å². The number of aryl methyl sites for hydroxylation is 1. The molecule has 0 bridgehead atoms. The van der Waals surface area contributed by atoms with Gasteiger partial charge in [-0.1, -0.05) is 0 Å². The molecule has 0 aliphatic carbocycles. The minimum atomic E-state index is -6.00. The van der Waals surface area contributed by atoms with Gasteiger partial charge >= 0.3 is 19.3 Å². The zero-order valence-corrected chi connectivity index (χ0v) is 6.31. The van der Waals surface area contributed by atoms with Gasteiger partial charge in [0.2, 0.25) is 0 Å². The number of hydrogen-bond donors (Lipinski definition) is 0. The van der Waals surface area contributed by atoms with Crippen LogP contribution in [0.15, 0.2) is 28.9 Å². The molecule has 0 aliphatic rings. The van der Waals surface area contributed by atoms with E-state index in [-0.39, 0.29) is 0 Å². The second-order valence-electron chi connectivity index (χ2n) is 1.91. The minimum absolute atomic E-state index is 0.947. The number of hydrogen-bond acceptors (Lipinski definition) is 0. The normalized spacial score (nSPS) is 10.1. The maximum atomic E-state index is 9.75. The van der Waals surface area contributed by atoms with E-state index in [0.717, 1.165) is 5.76 Å². The summed E-state index contributed by atoms with van der Waals surface area (Å²) in [6, 6.07) is 5.71. The predicted octanol–water partition coefficient (Wildman–Crippen LogP) is 3.17. The van der Waals surface area contributed by atoms with Gasteiger partial charge in [-0.3, -0.25) is 0 Å². The topological polar surface area (TPSA) is 11.3 Å². The first-order valence-electron chi connectivity index (χ1n) is 3.10. The van der Waals surface area contributed by atoms with Crippen LogP contribution in [-0.4, -0.2) is 7.25 Å². The molecule has 0 N–H and O–H groups in total. The van der Waals surface area contributed by atoms with Crippen molar-refractivity contribution in [1.29, 1.82) is 0 Å². The molecule has 0 aromatic carbocycles. The maximum absolute atomic E-state index is 9.75. The van der Waals surface area contributed by atoms with Crippen LogP contribution in [0.5, 0.6) is 0 Å². The summed E-state index contributed by atoms with van der Waals surface area (Å²) in [5, 5.41) is 0. The van der Waals surface area contributed by atoms with Gasteiger partial charge in [-0.2, -0.15) is 0 Å². The molecular weight excluding hydrogens is 175 g/mol. The fraction of sp³-hybridized carbons (Fsp3) is 0.167. The van der Waals surface area contributed by atoms with Crippen molar-refractivity contribution in [3.8, 4) is 0 Å². The molecule has 0 unspecified atom stereocenters. The van der Waals surface area contributed by atoms with E-state index >= 15 is 0 Å². The molecule has 0 spiro atoms. The van der Waals surface area contributed by atoms with Crippen LogP contribution in [0.25, 0.3) is 0 Å². The maximum Gasteiger partial charge on any atom is 0.673 e. The summed E-state index contributed by atoms with van der Waals surface area (Å²) >= 11 is 0. The Labute approximate surface area is 67.1 Å². The molecule has 0 aliphatic heterocycles. The predicted molar refractivity (Wildman–Crippen MR) is 38.0 cm³/mol. The molecule has 0 amide bonds. The Morgan fingerprint density at radius 3 is 1.83 bits per heavy atom. The molecule has 0 saturated carbocycles. The van der Waals surface area contributed by atoms with Crippen molar-refractivity contribution in [3.63, 3.8) is 0 Å². The van der Waals surface area contributed by atoms with Gasteiger partial charge in [-0.15, -0.1) is 0 Å². The molecule has 12 heavy (non-hydrogen) atoms. The first-order chi connectivity index (χ1) is 5.39. The van der Waals surface area contributed by atoms with Crippen LogP contribution in [0.2, 0.25) is 0 Å². The number of halogens is 4. The number of rotatable bonds is 0. The minimum Gasteiger partial charge on any atom is -0.418 e. The third-order valence-electron chi connectivity index (χ3n) is 0.775. The van der Waals surface area contributed by atoms with E-state index in [2.05, 4.69) is 0 Å². The molecule has 0 radical (unpaired) electrons. The van der Waals surface area contributed by atoms with Gasteiger partial charge in [-0.25, -0.2) is 4.42 Å². The summed E-state index contributed by atoms with van der Waals surface area (Å²) in [7, 11) is -6.00. The summed E-state index contributed by atoms with van der Waals surface area (Å²) in [6.45, 7) is 1.92. The van der Waals surface area contributed by atoms with Crippen molar-refractivity contribution in [2.45, 2.75) is 6.92 Å². The van der Waals surface area contributed by atoms with Crippen LogP contribution in [0.4, 0.5) is 17.3 Å². The fourth-order valence-electron chi connectivity index (χ4n) is 0.422. The highest BCUT2D eigenvalue weighted by molar-refractivity contribution is 6.50. The molecule has 1 rings (SSSR count). The monoisotopic (exact) mass is 182 g/mol. The van der Waals surface area contributed by atoms with E-state index in [9.17, 15) is 17.3 Å². The van der Waals surface area contributed by atoms with Crippen LogP contribution in [0.1, 0.15) is 5.76 Å². The standard InChI is InChI=1S/C6H7O.BF4/c1-6-4-2-3-5-7-6;2-1(3,4)5/h2-5H,1H3;/q+1;-1. The lowest BCUT2D eigenvalue weighted by molar-refractivity contribution is 0.368. The zero-order valence-electron chi connectivity index (χ0n) is 6.31. The second kappa shape index (κ2) is 4.74. The zero-order chi connectivity index (χ0) is 9.61. The van der Waals surface area contributed by atoms with Crippen LogP contribution < -0.4 is 0 Å². The Kier molecular flexibility index (Phi) is 4.32. The molecule has 1 aromatic heterocycles. The first kappa shape index (κ1) is 10.9. The Bertz CT molecular complexity index is 205. The van der Waals surface area contributed by atoms with E-state index < -0.39 is 7.25 Å². The van der Waals surface area contributed by atoms with E-state index in [1.165, 1.54) is 0 Å². The van der Waals surface area contributed by atoms with Gasteiger partial charge < -0.3 is 17.3 Å². The second-order valence-corrected chi connectivity index (χ2v) is 1.91. The molecule has 1 nitrogen and oxygen atoms in total. The molecular formula is C6H7BF4O. The third-order valence-corrected chi connectivity index (χ3v) is 0.775. The summed E-state index contributed by atoms with van der Waals surface area (Å²) in [4.78, 5) is 0. The van der Waals surface area contributed by atoms with Gasteiger partial charge in [-0.05, 0) is 6.07 Å². The Morgan fingerprint density at radius 2 is 1.67 bits per heavy atom. The highest BCUT2D eigenvalue weighted by Crippen LogP contribution is 2.06. The van der Waals surface area contributed by atoms with Crippen molar-refractivity contribution in [1.82, 2.24) is 0 Å². The van der Waals surface area contributed by atoms with E-state index in [4.69, 9.17) is 4.42 Å². The molecule has 68 valence electrons. The third kappa shape index (κ3) is 11.7. The van der Waals surface area contributed by atoms with Crippen molar-refractivity contribution in [3.05, 3.63) is 30.2 Å². The summed E-state index contributed by atoms with van der Waals surface area (Å²) < 4.78 is 43.9. The fourth-order valence-corrected chi connectivity index (χ4v) is 0.422. The highest BCUT2D eigenvalue weighted by Gasteiger charge is 2.20. The van der Waals surface area contributed by atoms with Crippen molar-refractivity contribution in [2.24, 2.45) is 0 Å². The lowest BCUT2D eigenvalue weighted by Crippen LogP contribution is -2.02. The SMILES string of the molecule is Cc1cccc[o+]1.F[B-](F)(F)F. The molecule has 1 heterocycles. The largest absolute Gasteiger partial charge is 0.673 e. The van der Waals surface area contributed by atoms with Crippen molar-refractivity contribution in [2.75, 3.05) is 0 Å². The van der Waals surface area contributed by atoms with Crippen LogP contribution in [0, 0.1) is 6.92 Å². The van der Waals surface area contributed by atoms with Gasteiger partial charge in [0.15, 0.2) is 0 Å². The van der Waals surface area contributed by atoms with E-state index in [0.29, 0.717) is 0 Å². The Hall–Kier alpha value is -1.07. The molecule has 0 fully saturated rings. The first-order valence-corrected chi connectivity index (χ1v) is 3.10. The lowest BCUT2D eigenvalue weighted by Gasteiger charge is -1.94. The summed E-state index contributed by atoms with van der Waals surface area (Å²) in [6.07, 6.45) is 1.66. The van der Waals surface area contributed by atoms with E-state index in [1.807, 2.05) is 25.1 Å². The summed E-state index contributed by atoms with van der Waals surface area (Å²) in [5.41, 5.74) is 0. The molecule has 1 aromatic rings. The quantitative estimate of drug-likeness (QED) is 0.340. The van der Waals surface area contributed by atoms with Gasteiger partial charge in [0.25, 0.3) is 0 Å². The highest BCUT2D eigenvalue weighted by atomic mass is 19.5. The van der Waals surface area contributed by atoms with Crippen LogP contribution in [-0.2, 0) is 0 Å². The Balaban J connectivity index is 0.000000217. The average Bonchev–Trinajstić information content (AvgIpc) is 1.85. The van der Waals surface area contributed by atoms with Gasteiger partial charge in [0.1, 0.15) is 0 Å². The van der Waals surface area contributed by atoms with Gasteiger partial charge in [0.05, 0.1) is 6.92 Å². The molecule has 0 saturated heterocycles. The van der Waals surface area contributed by atoms with Crippen LogP contribution in [0.3, 0.4) is 0 Å². The Morgan fingerprint density at radius 1 is 1.17 bits per heavy atom. The van der Waals surface area contributed by atoms with Gasteiger partial charge in [0, 0.05) is 12.1 Å². The van der Waals surface area contributed by atoms with Crippen molar-refractivity contribution < 1.29 is 21.7 Å². The average molecular weight is 182 g/mol. The smallest absolute Gasteiger partial charge is 0.418 e. The van der Waals surface area contributed by atoms with Crippen molar-refractivity contribution >= 4 is 7.25 Å².